The van der Waals surface area contributed by atoms with Gasteiger partial charge in [0.05, 0.1) is 0 Å². The van der Waals surface area contributed by atoms with Crippen molar-refractivity contribution in [2.45, 2.75) is 45.8 Å². The number of aromatic hydroxyl groups is 1. The van der Waals surface area contributed by atoms with Gasteiger partial charge in [0.15, 0.2) is 11.5 Å². The topological polar surface area (TPSA) is 32.7 Å². The quantitative estimate of drug-likeness (QED) is 0.760. The van der Waals surface area contributed by atoms with Crippen LogP contribution < -0.4 is 4.74 Å². The summed E-state index contributed by atoms with van der Waals surface area (Å²) in [5.74, 6) is 0.845. The molecule has 128 valence electrons. The van der Waals surface area contributed by atoms with E-state index in [9.17, 15) is 5.11 Å². The first kappa shape index (κ1) is 16.8. The average Bonchev–Trinajstić information content (AvgIpc) is 2.61. The summed E-state index contributed by atoms with van der Waals surface area (Å²) in [6.07, 6.45) is 4.84. The number of nitrogens with zero attached hydrogens (tertiary/aromatic N) is 1. The zero-order chi connectivity index (χ0) is 16.8. The first-order valence-electron chi connectivity index (χ1n) is 9.00. The molecule has 1 heterocycles. The number of phenolic OH excluding ortho intramolecular Hbond substituents is 1. The third-order valence-corrected chi connectivity index (χ3v) is 4.69. The van der Waals surface area contributed by atoms with Crippen molar-refractivity contribution in [3.8, 4) is 11.5 Å². The summed E-state index contributed by atoms with van der Waals surface area (Å²) < 4.78 is 5.83. The molecule has 0 unspecified atom stereocenters. The second-order valence-corrected chi connectivity index (χ2v) is 6.60. The highest BCUT2D eigenvalue weighted by Gasteiger charge is 2.18. The van der Waals surface area contributed by atoms with Gasteiger partial charge >= 0.3 is 0 Å². The highest BCUT2D eigenvalue weighted by Crippen LogP contribution is 2.33. The van der Waals surface area contributed by atoms with E-state index in [0.717, 1.165) is 31.6 Å². The molecule has 0 aromatic heterocycles. The van der Waals surface area contributed by atoms with Gasteiger partial charge in [-0.2, -0.15) is 0 Å². The van der Waals surface area contributed by atoms with Gasteiger partial charge in [0, 0.05) is 13.1 Å². The number of rotatable bonds is 7. The molecule has 0 aliphatic carbocycles. The fourth-order valence-corrected chi connectivity index (χ4v) is 3.26. The lowest BCUT2D eigenvalue weighted by Crippen LogP contribution is -2.31. The number of benzene rings is 2. The predicted molar refractivity (Wildman–Crippen MR) is 97.4 cm³/mol. The smallest absolute Gasteiger partial charge is 0.161 e. The number of fused-ring (bicyclic) bond motifs is 1. The van der Waals surface area contributed by atoms with E-state index in [1.54, 1.807) is 0 Å². The van der Waals surface area contributed by atoms with Crippen LogP contribution in [0.5, 0.6) is 11.5 Å². The largest absolute Gasteiger partial charge is 0.504 e. The van der Waals surface area contributed by atoms with Gasteiger partial charge in [-0.15, -0.1) is 0 Å². The Balaban J connectivity index is 1.63. The van der Waals surface area contributed by atoms with E-state index in [1.165, 1.54) is 30.4 Å². The van der Waals surface area contributed by atoms with Gasteiger partial charge in [0.2, 0.25) is 0 Å². The van der Waals surface area contributed by atoms with Crippen LogP contribution in [-0.4, -0.2) is 23.1 Å². The summed E-state index contributed by atoms with van der Waals surface area (Å²) in [4.78, 5) is 2.49. The van der Waals surface area contributed by atoms with Gasteiger partial charge in [-0.05, 0) is 48.2 Å². The number of phenols is 1. The second kappa shape index (κ2) is 8.20. The second-order valence-electron chi connectivity index (χ2n) is 6.60. The SMILES string of the molecule is CCCCCN1CCc2cc(OCc3ccccc3)c(O)cc2C1. The predicted octanol–water partition coefficient (Wildman–Crippen LogP) is 4.52. The van der Waals surface area contributed by atoms with Crippen molar-refractivity contribution in [2.75, 3.05) is 13.1 Å². The first-order chi connectivity index (χ1) is 11.8. The Kier molecular flexibility index (Phi) is 5.76. The van der Waals surface area contributed by atoms with E-state index in [4.69, 9.17) is 4.74 Å². The van der Waals surface area contributed by atoms with E-state index >= 15 is 0 Å². The molecule has 2 aromatic carbocycles. The first-order valence-corrected chi connectivity index (χ1v) is 9.00. The molecule has 0 fully saturated rings. The zero-order valence-electron chi connectivity index (χ0n) is 14.5. The van der Waals surface area contributed by atoms with E-state index < -0.39 is 0 Å². The maximum absolute atomic E-state index is 10.3. The molecule has 24 heavy (non-hydrogen) atoms. The van der Waals surface area contributed by atoms with Crippen LogP contribution in [0.4, 0.5) is 0 Å². The summed E-state index contributed by atoms with van der Waals surface area (Å²) in [7, 11) is 0. The molecule has 3 rings (SSSR count). The van der Waals surface area contributed by atoms with E-state index in [-0.39, 0.29) is 5.75 Å². The molecule has 2 aromatic rings. The summed E-state index contributed by atoms with van der Waals surface area (Å²) in [6.45, 7) is 5.91. The maximum atomic E-state index is 10.3. The normalized spacial score (nSPS) is 14.4. The summed E-state index contributed by atoms with van der Waals surface area (Å²) in [6, 6.07) is 14.0. The fraction of sp³-hybridized carbons (Fsp3) is 0.429. The minimum absolute atomic E-state index is 0.250. The average molecular weight is 325 g/mol. The Morgan fingerprint density at radius 3 is 2.71 bits per heavy atom. The molecule has 3 nitrogen and oxygen atoms in total. The molecule has 1 aliphatic heterocycles. The number of hydrogen-bond acceptors (Lipinski definition) is 3. The summed E-state index contributed by atoms with van der Waals surface area (Å²) in [5, 5.41) is 10.3. The Labute approximate surface area is 144 Å². The molecule has 1 N–H and O–H groups in total. The third-order valence-electron chi connectivity index (χ3n) is 4.69. The van der Waals surface area contributed by atoms with Gasteiger partial charge in [-0.3, -0.25) is 4.90 Å². The molecule has 0 bridgehead atoms. The lowest BCUT2D eigenvalue weighted by Gasteiger charge is -2.29. The minimum Gasteiger partial charge on any atom is -0.504 e. The zero-order valence-corrected chi connectivity index (χ0v) is 14.5. The summed E-state index contributed by atoms with van der Waals surface area (Å²) in [5.41, 5.74) is 3.65. The lowest BCUT2D eigenvalue weighted by atomic mass is 9.98. The Hall–Kier alpha value is -2.00. The van der Waals surface area contributed by atoms with Gasteiger partial charge < -0.3 is 9.84 Å². The molecular formula is C21H27NO2. The number of unbranched alkanes of at least 4 members (excludes halogenated alkanes) is 2. The van der Waals surface area contributed by atoms with E-state index in [0.29, 0.717) is 12.4 Å². The van der Waals surface area contributed by atoms with Crippen molar-refractivity contribution in [2.24, 2.45) is 0 Å². The molecule has 0 atom stereocenters. The minimum atomic E-state index is 0.250. The molecular weight excluding hydrogens is 298 g/mol. The molecule has 0 saturated heterocycles. The molecule has 0 saturated carbocycles. The Bertz CT molecular complexity index is 654. The molecule has 3 heteroatoms. The Morgan fingerprint density at radius 1 is 1.08 bits per heavy atom. The highest BCUT2D eigenvalue weighted by atomic mass is 16.5. The van der Waals surface area contributed by atoms with Crippen molar-refractivity contribution >= 4 is 0 Å². The maximum Gasteiger partial charge on any atom is 0.161 e. The van der Waals surface area contributed by atoms with Crippen LogP contribution in [0.25, 0.3) is 0 Å². The number of hydrogen-bond donors (Lipinski definition) is 1. The lowest BCUT2D eigenvalue weighted by molar-refractivity contribution is 0.246. The summed E-state index contributed by atoms with van der Waals surface area (Å²) >= 11 is 0. The van der Waals surface area contributed by atoms with Crippen LogP contribution in [0.3, 0.4) is 0 Å². The number of ether oxygens (including phenoxy) is 1. The van der Waals surface area contributed by atoms with Crippen molar-refractivity contribution in [3.63, 3.8) is 0 Å². The van der Waals surface area contributed by atoms with E-state index in [1.807, 2.05) is 42.5 Å². The monoisotopic (exact) mass is 325 g/mol. The third kappa shape index (κ3) is 4.30. The molecule has 1 aliphatic rings. The van der Waals surface area contributed by atoms with Crippen LogP contribution >= 0.6 is 0 Å². The van der Waals surface area contributed by atoms with Crippen LogP contribution in [-0.2, 0) is 19.6 Å². The fourth-order valence-electron chi connectivity index (χ4n) is 3.26. The van der Waals surface area contributed by atoms with Crippen molar-refractivity contribution in [3.05, 3.63) is 59.2 Å². The van der Waals surface area contributed by atoms with Crippen LogP contribution in [0.2, 0.25) is 0 Å². The highest BCUT2D eigenvalue weighted by molar-refractivity contribution is 5.47. The Morgan fingerprint density at radius 2 is 1.92 bits per heavy atom. The standard InChI is InChI=1S/C21H27NO2/c1-2-3-7-11-22-12-10-18-14-21(20(23)13-19(18)15-22)24-16-17-8-5-4-6-9-17/h4-6,8-9,13-14,23H,2-3,7,10-12,15-16H2,1H3. The van der Waals surface area contributed by atoms with Crippen molar-refractivity contribution in [1.82, 2.24) is 4.90 Å². The van der Waals surface area contributed by atoms with Gasteiger partial charge in [-0.25, -0.2) is 0 Å². The van der Waals surface area contributed by atoms with Crippen LogP contribution in [0.1, 0.15) is 42.9 Å². The molecule has 0 radical (unpaired) electrons. The van der Waals surface area contributed by atoms with Gasteiger partial charge in [0.25, 0.3) is 0 Å². The molecule has 0 amide bonds. The molecule has 0 spiro atoms. The van der Waals surface area contributed by atoms with Crippen LogP contribution in [0.15, 0.2) is 42.5 Å². The van der Waals surface area contributed by atoms with Gasteiger partial charge in [0.1, 0.15) is 6.61 Å². The van der Waals surface area contributed by atoms with Gasteiger partial charge in [-0.1, -0.05) is 50.1 Å². The van der Waals surface area contributed by atoms with Crippen molar-refractivity contribution < 1.29 is 9.84 Å². The van der Waals surface area contributed by atoms with Crippen LogP contribution in [0, 0.1) is 0 Å². The van der Waals surface area contributed by atoms with E-state index in [2.05, 4.69) is 11.8 Å². The van der Waals surface area contributed by atoms with Crippen molar-refractivity contribution in [1.29, 1.82) is 0 Å².